The molecular weight excluding hydrogens is 504 g/mol. The largest absolute Gasteiger partial charge is 0.484 e. The Balaban J connectivity index is 1.17. The molecule has 2 N–H and O–H groups in total. The van der Waals surface area contributed by atoms with Crippen molar-refractivity contribution in [3.8, 4) is 5.75 Å². The van der Waals surface area contributed by atoms with Crippen molar-refractivity contribution in [2.24, 2.45) is 0 Å². The lowest BCUT2D eigenvalue weighted by atomic mass is 9.85. The van der Waals surface area contributed by atoms with E-state index in [1.165, 1.54) is 25.6 Å². The number of nitrogens with one attached hydrogen (secondary N) is 2. The topological polar surface area (TPSA) is 110 Å². The molecule has 0 saturated carbocycles. The summed E-state index contributed by atoms with van der Waals surface area (Å²) in [5.74, 6) is 2.13. The Bertz CT molecular complexity index is 1510. The first-order valence-corrected chi connectivity index (χ1v) is 14.1. The van der Waals surface area contributed by atoms with Crippen LogP contribution in [0, 0.1) is 0 Å². The Morgan fingerprint density at radius 3 is 2.58 bits per heavy atom. The van der Waals surface area contributed by atoms with Gasteiger partial charge >= 0.3 is 6.03 Å². The third-order valence-corrected chi connectivity index (χ3v) is 7.69. The molecule has 4 aromatic rings. The average Bonchev–Trinajstić information content (AvgIpc) is 3.38. The number of carbonyl (C=O) groups is 1. The normalized spacial score (nSPS) is 19.2. The first-order chi connectivity index (χ1) is 19.3. The van der Waals surface area contributed by atoms with Crippen LogP contribution < -0.4 is 20.3 Å². The Morgan fingerprint density at radius 1 is 0.975 bits per heavy atom. The summed E-state index contributed by atoms with van der Waals surface area (Å²) in [6, 6.07) is 13.5. The summed E-state index contributed by atoms with van der Waals surface area (Å²) in [5.41, 5.74) is 3.68. The Morgan fingerprint density at radius 2 is 1.77 bits per heavy atom. The molecule has 3 aromatic heterocycles. The highest BCUT2D eigenvalue weighted by molar-refractivity contribution is 5.88. The standard InChI is InChI=1S/C30H36N8O2/c1-30(2,3)25-17-26(32-19-31-25)34-28(39)33-23-12-13-24(22-10-6-5-9-21(22)23)40-20-11-14-27-35-36-29(38(27)18-20)37-15-7-4-8-16-37/h5-6,9-11,14,17-19,23-24H,4,7-8,12-13,15-16H2,1-3H3,(H2,31,32,33,34,39). The predicted molar refractivity (Wildman–Crippen MR) is 154 cm³/mol. The van der Waals surface area contributed by atoms with Crippen molar-refractivity contribution in [2.45, 2.75) is 70.4 Å². The summed E-state index contributed by atoms with van der Waals surface area (Å²) in [4.78, 5) is 23.8. The zero-order valence-corrected chi connectivity index (χ0v) is 23.3. The summed E-state index contributed by atoms with van der Waals surface area (Å²) in [6.45, 7) is 8.23. The zero-order chi connectivity index (χ0) is 27.7. The number of amides is 2. The van der Waals surface area contributed by atoms with Gasteiger partial charge in [0.2, 0.25) is 5.95 Å². The lowest BCUT2D eigenvalue weighted by Gasteiger charge is -2.32. The maximum atomic E-state index is 13.0. The lowest BCUT2D eigenvalue weighted by molar-refractivity contribution is 0.171. The van der Waals surface area contributed by atoms with Crippen molar-refractivity contribution >= 4 is 23.4 Å². The number of benzene rings is 1. The molecule has 10 heteroatoms. The number of carbonyl (C=O) groups excluding carboxylic acids is 1. The molecule has 1 aliphatic heterocycles. The molecule has 1 aliphatic carbocycles. The number of hydrogen-bond acceptors (Lipinski definition) is 7. The molecular formula is C30H36N8O2. The summed E-state index contributed by atoms with van der Waals surface area (Å²) in [5, 5.41) is 14.8. The van der Waals surface area contributed by atoms with E-state index in [4.69, 9.17) is 4.74 Å². The van der Waals surface area contributed by atoms with Gasteiger partial charge in [0.25, 0.3) is 0 Å². The maximum Gasteiger partial charge on any atom is 0.320 e. The number of rotatable bonds is 5. The van der Waals surface area contributed by atoms with Crippen LogP contribution in [0.2, 0.25) is 0 Å². The van der Waals surface area contributed by atoms with Gasteiger partial charge in [0.1, 0.15) is 24.0 Å². The molecule has 1 fully saturated rings. The number of anilines is 2. The number of urea groups is 1. The minimum atomic E-state index is -0.291. The number of ether oxygens (including phenoxy) is 1. The Labute approximate surface area is 234 Å². The van der Waals surface area contributed by atoms with Crippen LogP contribution in [0.5, 0.6) is 5.75 Å². The van der Waals surface area contributed by atoms with E-state index < -0.39 is 0 Å². The first-order valence-electron chi connectivity index (χ1n) is 14.1. The van der Waals surface area contributed by atoms with Gasteiger partial charge < -0.3 is 15.0 Å². The van der Waals surface area contributed by atoms with Gasteiger partial charge in [-0.25, -0.2) is 14.8 Å². The number of pyridine rings is 1. The summed E-state index contributed by atoms with van der Waals surface area (Å²) in [7, 11) is 0. The highest BCUT2D eigenvalue weighted by atomic mass is 16.5. The van der Waals surface area contributed by atoms with E-state index in [-0.39, 0.29) is 23.6 Å². The Hall–Kier alpha value is -4.21. The van der Waals surface area contributed by atoms with Gasteiger partial charge in [-0.3, -0.25) is 9.72 Å². The summed E-state index contributed by atoms with van der Waals surface area (Å²) < 4.78 is 8.59. The van der Waals surface area contributed by atoms with Crippen molar-refractivity contribution in [2.75, 3.05) is 23.3 Å². The second kappa shape index (κ2) is 10.7. The van der Waals surface area contributed by atoms with E-state index in [1.807, 2.05) is 40.9 Å². The third-order valence-electron chi connectivity index (χ3n) is 7.69. The first kappa shape index (κ1) is 26.0. The molecule has 0 radical (unpaired) electrons. The molecule has 2 amide bonds. The maximum absolute atomic E-state index is 13.0. The molecule has 4 heterocycles. The van der Waals surface area contributed by atoms with Gasteiger partial charge in [-0.15, -0.1) is 10.2 Å². The van der Waals surface area contributed by atoms with Crippen LogP contribution in [0.25, 0.3) is 5.65 Å². The molecule has 0 bridgehead atoms. The second-order valence-electron chi connectivity index (χ2n) is 11.6. The van der Waals surface area contributed by atoms with E-state index in [1.54, 1.807) is 0 Å². The van der Waals surface area contributed by atoms with Crippen molar-refractivity contribution < 1.29 is 9.53 Å². The lowest BCUT2D eigenvalue weighted by Crippen LogP contribution is -2.36. The Kier molecular flexibility index (Phi) is 7.00. The van der Waals surface area contributed by atoms with E-state index in [0.717, 1.165) is 60.1 Å². The van der Waals surface area contributed by atoms with Gasteiger partial charge in [0.05, 0.1) is 17.9 Å². The molecule has 6 rings (SSSR count). The van der Waals surface area contributed by atoms with E-state index in [9.17, 15) is 4.79 Å². The molecule has 1 saturated heterocycles. The fourth-order valence-electron chi connectivity index (χ4n) is 5.57. The minimum absolute atomic E-state index is 0.124. The van der Waals surface area contributed by atoms with Gasteiger partial charge in [0.15, 0.2) is 5.65 Å². The van der Waals surface area contributed by atoms with Crippen molar-refractivity contribution in [3.63, 3.8) is 0 Å². The number of nitrogens with zero attached hydrogens (tertiary/aromatic N) is 6. The third kappa shape index (κ3) is 5.43. The van der Waals surface area contributed by atoms with Gasteiger partial charge in [-0.05, 0) is 55.4 Å². The molecule has 2 aliphatic rings. The quantitative estimate of drug-likeness (QED) is 0.340. The smallest absolute Gasteiger partial charge is 0.320 e. The minimum Gasteiger partial charge on any atom is -0.484 e. The molecule has 2 unspecified atom stereocenters. The van der Waals surface area contributed by atoms with Crippen molar-refractivity contribution in [3.05, 3.63) is 71.8 Å². The van der Waals surface area contributed by atoms with Crippen molar-refractivity contribution in [1.82, 2.24) is 29.9 Å². The highest BCUT2D eigenvalue weighted by Gasteiger charge is 2.30. The zero-order valence-electron chi connectivity index (χ0n) is 23.3. The van der Waals surface area contributed by atoms with Crippen LogP contribution in [0.1, 0.15) is 81.8 Å². The van der Waals surface area contributed by atoms with Crippen LogP contribution in [-0.4, -0.2) is 43.7 Å². The fourth-order valence-corrected chi connectivity index (χ4v) is 5.57. The number of aromatic nitrogens is 5. The molecule has 40 heavy (non-hydrogen) atoms. The van der Waals surface area contributed by atoms with Crippen molar-refractivity contribution in [1.29, 1.82) is 0 Å². The number of fused-ring (bicyclic) bond motifs is 2. The number of hydrogen-bond donors (Lipinski definition) is 2. The SMILES string of the molecule is CC(C)(C)c1cc(NC(=O)NC2CCC(Oc3ccc4nnc(N5CCCCC5)n4c3)c3ccccc32)ncn1. The van der Waals surface area contributed by atoms with E-state index in [2.05, 4.69) is 68.6 Å². The molecule has 2 atom stereocenters. The van der Waals surface area contributed by atoms with E-state index in [0.29, 0.717) is 5.82 Å². The van der Waals surface area contributed by atoms with Crippen LogP contribution in [0.3, 0.4) is 0 Å². The van der Waals surface area contributed by atoms with Gasteiger partial charge in [0, 0.05) is 24.6 Å². The molecule has 1 aromatic carbocycles. The number of piperidine rings is 1. The average molecular weight is 541 g/mol. The van der Waals surface area contributed by atoms with Gasteiger partial charge in [-0.2, -0.15) is 0 Å². The monoisotopic (exact) mass is 540 g/mol. The molecule has 208 valence electrons. The molecule has 10 nitrogen and oxygen atoms in total. The van der Waals surface area contributed by atoms with Crippen LogP contribution >= 0.6 is 0 Å². The van der Waals surface area contributed by atoms with Crippen LogP contribution in [0.15, 0.2) is 55.0 Å². The van der Waals surface area contributed by atoms with Crippen LogP contribution in [0.4, 0.5) is 16.6 Å². The summed E-state index contributed by atoms with van der Waals surface area (Å²) in [6.07, 6.45) is 8.49. The second-order valence-corrected chi connectivity index (χ2v) is 11.6. The summed E-state index contributed by atoms with van der Waals surface area (Å²) >= 11 is 0. The van der Waals surface area contributed by atoms with Gasteiger partial charge in [-0.1, -0.05) is 45.0 Å². The fraction of sp³-hybridized carbons (Fsp3) is 0.433. The van der Waals surface area contributed by atoms with Crippen LogP contribution in [-0.2, 0) is 5.41 Å². The molecule has 0 spiro atoms. The van der Waals surface area contributed by atoms with E-state index >= 15 is 0 Å². The highest BCUT2D eigenvalue weighted by Crippen LogP contribution is 2.39. The predicted octanol–water partition coefficient (Wildman–Crippen LogP) is 5.58.